The first kappa shape index (κ1) is 12.8. The number of thiazole rings is 1. The quantitative estimate of drug-likeness (QED) is 0.798. The van der Waals surface area contributed by atoms with Crippen LogP contribution in [0, 0.1) is 0 Å². The standard InChI is InChI=1S/C14H12N4OS/c1-14(19,11-2-4-15-5-3-11)12-8-18-13(20-12)10-6-16-9-17-7-10/h2-9,19H,1H3. The van der Waals surface area contributed by atoms with Gasteiger partial charge >= 0.3 is 0 Å². The summed E-state index contributed by atoms with van der Waals surface area (Å²) in [6.07, 6.45) is 9.90. The number of aromatic nitrogens is 4. The third-order valence-electron chi connectivity index (χ3n) is 3.04. The zero-order chi connectivity index (χ0) is 14.0. The molecule has 0 aromatic carbocycles. The molecule has 1 atom stereocenters. The average molecular weight is 284 g/mol. The molecule has 100 valence electrons. The van der Waals surface area contributed by atoms with E-state index in [1.54, 1.807) is 50.0 Å². The van der Waals surface area contributed by atoms with Crippen LogP contribution in [0.1, 0.15) is 17.4 Å². The van der Waals surface area contributed by atoms with Crippen LogP contribution in [0.2, 0.25) is 0 Å². The summed E-state index contributed by atoms with van der Waals surface area (Å²) in [7, 11) is 0. The molecule has 1 N–H and O–H groups in total. The lowest BCUT2D eigenvalue weighted by Crippen LogP contribution is -2.21. The monoisotopic (exact) mass is 284 g/mol. The number of nitrogens with zero attached hydrogens (tertiary/aromatic N) is 4. The van der Waals surface area contributed by atoms with Crippen molar-refractivity contribution in [3.63, 3.8) is 0 Å². The molecule has 0 aliphatic rings. The van der Waals surface area contributed by atoms with E-state index in [0.717, 1.165) is 21.0 Å². The fourth-order valence-corrected chi connectivity index (χ4v) is 2.82. The third-order valence-corrected chi connectivity index (χ3v) is 4.29. The number of hydrogen-bond acceptors (Lipinski definition) is 6. The van der Waals surface area contributed by atoms with Crippen molar-refractivity contribution in [2.45, 2.75) is 12.5 Å². The molecule has 3 rings (SSSR count). The van der Waals surface area contributed by atoms with E-state index in [9.17, 15) is 5.11 Å². The van der Waals surface area contributed by atoms with Crippen molar-refractivity contribution in [2.24, 2.45) is 0 Å². The maximum Gasteiger partial charge on any atom is 0.126 e. The lowest BCUT2D eigenvalue weighted by molar-refractivity contribution is 0.106. The van der Waals surface area contributed by atoms with Gasteiger partial charge in [0.25, 0.3) is 0 Å². The Morgan fingerprint density at radius 1 is 1.05 bits per heavy atom. The van der Waals surface area contributed by atoms with Gasteiger partial charge in [-0.05, 0) is 24.6 Å². The molecule has 0 aliphatic heterocycles. The van der Waals surface area contributed by atoms with Crippen molar-refractivity contribution >= 4 is 11.3 Å². The van der Waals surface area contributed by atoms with Crippen LogP contribution >= 0.6 is 11.3 Å². The van der Waals surface area contributed by atoms with E-state index in [2.05, 4.69) is 19.9 Å². The smallest absolute Gasteiger partial charge is 0.126 e. The van der Waals surface area contributed by atoms with Crippen LogP contribution in [0.3, 0.4) is 0 Å². The number of rotatable bonds is 3. The van der Waals surface area contributed by atoms with E-state index >= 15 is 0 Å². The van der Waals surface area contributed by atoms with E-state index < -0.39 is 5.60 Å². The average Bonchev–Trinajstić information content (AvgIpc) is 3.00. The van der Waals surface area contributed by atoms with Crippen LogP contribution < -0.4 is 0 Å². The second-order valence-electron chi connectivity index (χ2n) is 4.46. The molecule has 0 fully saturated rings. The van der Waals surface area contributed by atoms with Gasteiger partial charge in [-0.15, -0.1) is 11.3 Å². The predicted molar refractivity (Wildman–Crippen MR) is 76.0 cm³/mol. The summed E-state index contributed by atoms with van der Waals surface area (Å²) in [6, 6.07) is 3.59. The zero-order valence-electron chi connectivity index (χ0n) is 10.8. The number of hydrogen-bond donors (Lipinski definition) is 1. The first-order chi connectivity index (χ1) is 9.68. The minimum Gasteiger partial charge on any atom is -0.380 e. The number of aliphatic hydroxyl groups is 1. The van der Waals surface area contributed by atoms with Crippen LogP contribution in [-0.2, 0) is 5.60 Å². The summed E-state index contributed by atoms with van der Waals surface area (Å²) in [6.45, 7) is 1.75. The molecule has 1 unspecified atom stereocenters. The second kappa shape index (κ2) is 5.07. The van der Waals surface area contributed by atoms with Gasteiger partial charge in [-0.25, -0.2) is 15.0 Å². The molecule has 5 nitrogen and oxygen atoms in total. The minimum atomic E-state index is -1.09. The highest BCUT2D eigenvalue weighted by Crippen LogP contribution is 2.35. The Kier molecular flexibility index (Phi) is 3.25. The fraction of sp³-hybridized carbons (Fsp3) is 0.143. The van der Waals surface area contributed by atoms with E-state index in [4.69, 9.17) is 0 Å². The van der Waals surface area contributed by atoms with Crippen molar-refractivity contribution in [3.05, 3.63) is 59.9 Å². The Bertz CT molecular complexity index is 697. The third kappa shape index (κ3) is 2.31. The molecule has 0 bridgehead atoms. The molecule has 0 aliphatic carbocycles. The Balaban J connectivity index is 1.98. The highest BCUT2D eigenvalue weighted by atomic mass is 32.1. The summed E-state index contributed by atoms with van der Waals surface area (Å²) in [5.74, 6) is 0. The Morgan fingerprint density at radius 3 is 2.45 bits per heavy atom. The van der Waals surface area contributed by atoms with Gasteiger partial charge in [0, 0.05) is 36.5 Å². The SMILES string of the molecule is CC(O)(c1ccncc1)c1cnc(-c2cncnc2)s1. The minimum absolute atomic E-state index is 0.766. The van der Waals surface area contributed by atoms with Crippen LogP contribution in [0.15, 0.2) is 49.4 Å². The van der Waals surface area contributed by atoms with Crippen LogP contribution in [0.25, 0.3) is 10.6 Å². The molecule has 6 heteroatoms. The topological polar surface area (TPSA) is 71.8 Å². The summed E-state index contributed by atoms with van der Waals surface area (Å²) in [5, 5.41) is 11.5. The second-order valence-corrected chi connectivity index (χ2v) is 5.50. The first-order valence-corrected chi connectivity index (χ1v) is 6.84. The van der Waals surface area contributed by atoms with Gasteiger partial charge in [-0.2, -0.15) is 0 Å². The fourth-order valence-electron chi connectivity index (χ4n) is 1.86. The highest BCUT2D eigenvalue weighted by Gasteiger charge is 2.28. The van der Waals surface area contributed by atoms with Gasteiger partial charge in [0.1, 0.15) is 16.9 Å². The molecular weight excluding hydrogens is 272 g/mol. The van der Waals surface area contributed by atoms with E-state index in [0.29, 0.717) is 0 Å². The van der Waals surface area contributed by atoms with Crippen LogP contribution in [0.5, 0.6) is 0 Å². The summed E-state index contributed by atoms with van der Waals surface area (Å²) in [5.41, 5.74) is 0.537. The lowest BCUT2D eigenvalue weighted by atomic mass is 9.96. The van der Waals surface area contributed by atoms with E-state index in [1.807, 2.05) is 0 Å². The van der Waals surface area contributed by atoms with Crippen molar-refractivity contribution in [1.29, 1.82) is 0 Å². The molecular formula is C14H12N4OS. The van der Waals surface area contributed by atoms with Crippen molar-refractivity contribution in [1.82, 2.24) is 19.9 Å². The van der Waals surface area contributed by atoms with Gasteiger partial charge in [-0.3, -0.25) is 4.98 Å². The molecule has 3 aromatic heterocycles. The van der Waals surface area contributed by atoms with Crippen molar-refractivity contribution in [2.75, 3.05) is 0 Å². The highest BCUT2D eigenvalue weighted by molar-refractivity contribution is 7.15. The molecule has 20 heavy (non-hydrogen) atoms. The molecule has 0 spiro atoms. The summed E-state index contributed by atoms with van der Waals surface area (Å²) in [4.78, 5) is 17.0. The van der Waals surface area contributed by atoms with Crippen LogP contribution in [-0.4, -0.2) is 25.0 Å². The molecule has 0 amide bonds. The van der Waals surface area contributed by atoms with Crippen molar-refractivity contribution in [3.8, 4) is 10.6 Å². The molecule has 3 heterocycles. The van der Waals surface area contributed by atoms with E-state index in [-0.39, 0.29) is 0 Å². The normalized spacial score (nSPS) is 13.9. The molecule has 0 saturated carbocycles. The van der Waals surface area contributed by atoms with Gasteiger partial charge in [0.05, 0.1) is 4.88 Å². The van der Waals surface area contributed by atoms with Crippen molar-refractivity contribution < 1.29 is 5.11 Å². The Hall–Kier alpha value is -2.18. The molecule has 3 aromatic rings. The maximum atomic E-state index is 10.7. The van der Waals surface area contributed by atoms with Gasteiger partial charge in [0.2, 0.25) is 0 Å². The maximum absolute atomic E-state index is 10.7. The lowest BCUT2D eigenvalue weighted by Gasteiger charge is -2.21. The van der Waals surface area contributed by atoms with Gasteiger partial charge in [0.15, 0.2) is 0 Å². The summed E-state index contributed by atoms with van der Waals surface area (Å²) < 4.78 is 0. The van der Waals surface area contributed by atoms with E-state index in [1.165, 1.54) is 17.7 Å². The first-order valence-electron chi connectivity index (χ1n) is 6.02. The summed E-state index contributed by atoms with van der Waals surface area (Å²) >= 11 is 1.43. The van der Waals surface area contributed by atoms with Gasteiger partial charge in [-0.1, -0.05) is 0 Å². The zero-order valence-corrected chi connectivity index (χ0v) is 11.6. The van der Waals surface area contributed by atoms with Crippen LogP contribution in [0.4, 0.5) is 0 Å². The number of pyridine rings is 1. The molecule has 0 saturated heterocycles. The Morgan fingerprint density at radius 2 is 1.75 bits per heavy atom. The van der Waals surface area contributed by atoms with Gasteiger partial charge < -0.3 is 5.11 Å². The largest absolute Gasteiger partial charge is 0.380 e. The molecule has 0 radical (unpaired) electrons. The predicted octanol–water partition coefficient (Wildman–Crippen LogP) is 2.25. The Labute approximate surface area is 120 Å².